The topological polar surface area (TPSA) is 96.4 Å². The van der Waals surface area contributed by atoms with Crippen LogP contribution < -0.4 is 10.6 Å². The number of benzene rings is 1. The monoisotopic (exact) mass is 489 g/mol. The minimum Gasteiger partial charge on any atom is -0.469 e. The van der Waals surface area contributed by atoms with Gasteiger partial charge in [0.25, 0.3) is 0 Å². The number of ether oxygens (including phenoxy) is 1. The van der Waals surface area contributed by atoms with Gasteiger partial charge in [-0.3, -0.25) is 4.79 Å². The molecule has 7 nitrogen and oxygen atoms in total. The number of hydrogen-bond acceptors (Lipinski definition) is 4. The van der Waals surface area contributed by atoms with Crippen molar-refractivity contribution in [1.82, 2.24) is 15.6 Å². The number of amides is 2. The molecule has 3 N–H and O–H groups in total. The van der Waals surface area contributed by atoms with Crippen LogP contribution in [0.4, 0.5) is 4.79 Å². The normalized spacial score (nSPS) is 28.1. The Bertz CT molecular complexity index is 1200. The van der Waals surface area contributed by atoms with E-state index in [1.165, 1.54) is 32.1 Å². The van der Waals surface area contributed by atoms with Crippen LogP contribution >= 0.6 is 0 Å². The zero-order valence-electron chi connectivity index (χ0n) is 20.8. The van der Waals surface area contributed by atoms with Gasteiger partial charge >= 0.3 is 6.09 Å². The van der Waals surface area contributed by atoms with Gasteiger partial charge in [0, 0.05) is 36.5 Å². The standard InChI is InChI=1S/C29H35N3O4/c1-29(27(33)30-9-8-23-5-4-10-35-23,16-22-17-31-25-7-3-2-6-24(22)25)32-28(34)36-26-20-12-18-11-19(14-20)15-21(26)13-18/h2-7,10,17-21,26,31H,8-9,11-16H2,1H3,(H,30,33)(H,32,34). The maximum absolute atomic E-state index is 13.5. The Morgan fingerprint density at radius 3 is 2.53 bits per heavy atom. The lowest BCUT2D eigenvalue weighted by atomic mass is 9.55. The van der Waals surface area contributed by atoms with Crippen molar-refractivity contribution in [2.24, 2.45) is 23.7 Å². The van der Waals surface area contributed by atoms with E-state index in [0.717, 1.165) is 34.1 Å². The van der Waals surface area contributed by atoms with Crippen LogP contribution in [0.5, 0.6) is 0 Å². The van der Waals surface area contributed by atoms with Gasteiger partial charge in [0.2, 0.25) is 5.91 Å². The molecule has 4 saturated carbocycles. The predicted octanol–water partition coefficient (Wildman–Crippen LogP) is 4.97. The lowest BCUT2D eigenvalue weighted by Gasteiger charge is -2.53. The Morgan fingerprint density at radius 1 is 1.06 bits per heavy atom. The summed E-state index contributed by atoms with van der Waals surface area (Å²) < 4.78 is 11.5. The second kappa shape index (κ2) is 9.34. The number of rotatable bonds is 8. The summed E-state index contributed by atoms with van der Waals surface area (Å²) in [4.78, 5) is 30.1. The molecule has 36 heavy (non-hydrogen) atoms. The van der Waals surface area contributed by atoms with Gasteiger partial charge in [-0.25, -0.2) is 4.79 Å². The highest BCUT2D eigenvalue weighted by Gasteiger charge is 2.50. The van der Waals surface area contributed by atoms with Gasteiger partial charge < -0.3 is 24.8 Å². The molecule has 1 atom stereocenters. The number of H-pyrrole nitrogens is 1. The summed E-state index contributed by atoms with van der Waals surface area (Å²) in [6, 6.07) is 11.7. The Morgan fingerprint density at radius 2 is 1.81 bits per heavy atom. The van der Waals surface area contributed by atoms with Gasteiger partial charge in [0.1, 0.15) is 17.4 Å². The fourth-order valence-corrected chi connectivity index (χ4v) is 7.24. The summed E-state index contributed by atoms with van der Waals surface area (Å²) in [7, 11) is 0. The van der Waals surface area contributed by atoms with Crippen LogP contribution in [0.1, 0.15) is 50.4 Å². The third-order valence-electron chi connectivity index (χ3n) is 8.72. The van der Waals surface area contributed by atoms with Crippen molar-refractivity contribution in [3.8, 4) is 0 Å². The first-order chi connectivity index (χ1) is 17.5. The van der Waals surface area contributed by atoms with E-state index in [1.807, 2.05) is 42.6 Å². The lowest BCUT2D eigenvalue weighted by molar-refractivity contribution is -0.127. The summed E-state index contributed by atoms with van der Waals surface area (Å²) in [5.74, 6) is 3.12. The van der Waals surface area contributed by atoms with E-state index < -0.39 is 11.6 Å². The third kappa shape index (κ3) is 4.51. The fraction of sp³-hybridized carbons (Fsp3) is 0.517. The molecule has 7 rings (SSSR count). The molecule has 4 aliphatic carbocycles. The summed E-state index contributed by atoms with van der Waals surface area (Å²) in [5.41, 5.74) is 0.811. The van der Waals surface area contributed by atoms with E-state index in [2.05, 4.69) is 15.6 Å². The van der Waals surface area contributed by atoms with E-state index in [9.17, 15) is 9.59 Å². The molecule has 0 aliphatic heterocycles. The van der Waals surface area contributed by atoms with Crippen molar-refractivity contribution < 1.29 is 18.7 Å². The Kier molecular flexibility index (Phi) is 6.02. The molecule has 2 amide bonds. The van der Waals surface area contributed by atoms with Crippen molar-refractivity contribution in [2.45, 2.75) is 63.5 Å². The second-order valence-corrected chi connectivity index (χ2v) is 11.4. The number of hydrogen-bond donors (Lipinski definition) is 3. The molecular weight excluding hydrogens is 454 g/mol. The van der Waals surface area contributed by atoms with Crippen molar-refractivity contribution in [2.75, 3.05) is 6.54 Å². The molecule has 0 spiro atoms. The van der Waals surface area contributed by atoms with Gasteiger partial charge in [0.05, 0.1) is 6.26 Å². The van der Waals surface area contributed by atoms with Crippen LogP contribution in [0.2, 0.25) is 0 Å². The number of alkyl carbamates (subject to hydrolysis) is 1. The first-order valence-corrected chi connectivity index (χ1v) is 13.3. The van der Waals surface area contributed by atoms with Crippen molar-refractivity contribution in [3.05, 3.63) is 60.2 Å². The number of fused-ring (bicyclic) bond motifs is 1. The van der Waals surface area contributed by atoms with Crippen LogP contribution in [-0.2, 0) is 22.4 Å². The van der Waals surface area contributed by atoms with Crippen molar-refractivity contribution in [1.29, 1.82) is 0 Å². The van der Waals surface area contributed by atoms with Crippen LogP contribution in [-0.4, -0.2) is 35.2 Å². The van der Waals surface area contributed by atoms with E-state index >= 15 is 0 Å². The van der Waals surface area contributed by atoms with Gasteiger partial charge in [-0.2, -0.15) is 0 Å². The summed E-state index contributed by atoms with van der Waals surface area (Å²) >= 11 is 0. The molecule has 1 unspecified atom stereocenters. The maximum Gasteiger partial charge on any atom is 0.408 e. The molecule has 7 heteroatoms. The molecule has 4 fully saturated rings. The third-order valence-corrected chi connectivity index (χ3v) is 8.72. The highest BCUT2D eigenvalue weighted by Crippen LogP contribution is 2.54. The molecule has 1 aromatic carbocycles. The average molecular weight is 490 g/mol. The smallest absolute Gasteiger partial charge is 0.408 e. The van der Waals surface area contributed by atoms with Crippen LogP contribution in [0.15, 0.2) is 53.3 Å². The van der Waals surface area contributed by atoms with Crippen LogP contribution in [0, 0.1) is 23.7 Å². The quantitative estimate of drug-likeness (QED) is 0.416. The molecule has 2 aromatic heterocycles. The summed E-state index contributed by atoms with van der Waals surface area (Å²) in [5, 5.41) is 7.04. The predicted molar refractivity (Wildman–Crippen MR) is 136 cm³/mol. The molecule has 0 radical (unpaired) electrons. The molecule has 0 saturated heterocycles. The largest absolute Gasteiger partial charge is 0.469 e. The minimum atomic E-state index is -1.17. The Labute approximate surface area is 211 Å². The van der Waals surface area contributed by atoms with Gasteiger partial charge in [-0.1, -0.05) is 18.2 Å². The number of para-hydroxylation sites is 1. The Hall–Kier alpha value is -3.22. The van der Waals surface area contributed by atoms with E-state index in [1.54, 1.807) is 13.2 Å². The SMILES string of the molecule is CC(Cc1c[nH]c2ccccc12)(NC(=O)OC1C2CC3CC(C2)CC1C3)C(=O)NCCc1ccco1. The zero-order valence-corrected chi connectivity index (χ0v) is 20.8. The number of aromatic nitrogens is 1. The Balaban J connectivity index is 1.17. The molecular formula is C29H35N3O4. The highest BCUT2D eigenvalue weighted by molar-refractivity contribution is 5.91. The molecule has 190 valence electrons. The van der Waals surface area contributed by atoms with E-state index in [4.69, 9.17) is 9.15 Å². The number of nitrogens with one attached hydrogen (secondary N) is 3. The minimum absolute atomic E-state index is 0.0304. The summed E-state index contributed by atoms with van der Waals surface area (Å²) in [6.07, 6.45) is 10.00. The number of carbonyl (C=O) groups is 2. The molecule has 4 bridgehead atoms. The lowest BCUT2D eigenvalue weighted by Crippen LogP contribution is -2.60. The zero-order chi connectivity index (χ0) is 24.7. The first-order valence-electron chi connectivity index (χ1n) is 13.3. The van der Waals surface area contributed by atoms with E-state index in [0.29, 0.717) is 31.2 Å². The van der Waals surface area contributed by atoms with Crippen LogP contribution in [0.3, 0.4) is 0 Å². The van der Waals surface area contributed by atoms with Gasteiger partial charge in [-0.15, -0.1) is 0 Å². The second-order valence-electron chi connectivity index (χ2n) is 11.4. The van der Waals surface area contributed by atoms with Crippen molar-refractivity contribution in [3.63, 3.8) is 0 Å². The highest BCUT2D eigenvalue weighted by atomic mass is 16.6. The molecule has 2 heterocycles. The molecule has 4 aliphatic rings. The van der Waals surface area contributed by atoms with Gasteiger partial charge in [-0.05, 0) is 86.5 Å². The van der Waals surface area contributed by atoms with Gasteiger partial charge in [0.15, 0.2) is 0 Å². The maximum atomic E-state index is 13.5. The first kappa shape index (κ1) is 23.2. The number of furan rings is 1. The van der Waals surface area contributed by atoms with Crippen LogP contribution in [0.25, 0.3) is 10.9 Å². The number of aromatic amines is 1. The summed E-state index contributed by atoms with van der Waals surface area (Å²) in [6.45, 7) is 2.21. The van der Waals surface area contributed by atoms with E-state index in [-0.39, 0.29) is 12.0 Å². The number of carbonyl (C=O) groups excluding carboxylic acids is 2. The average Bonchev–Trinajstić information content (AvgIpc) is 3.51. The van der Waals surface area contributed by atoms with Crippen molar-refractivity contribution >= 4 is 22.9 Å². The fourth-order valence-electron chi connectivity index (χ4n) is 7.24. The molecule has 3 aromatic rings.